The van der Waals surface area contributed by atoms with Crippen LogP contribution in [-0.2, 0) is 5.41 Å². The van der Waals surface area contributed by atoms with E-state index in [0.717, 1.165) is 33.5 Å². The quantitative estimate of drug-likeness (QED) is 0.306. The van der Waals surface area contributed by atoms with E-state index in [1.165, 1.54) is 27.6 Å². The first-order valence-electron chi connectivity index (χ1n) is 10.9. The van der Waals surface area contributed by atoms with Crippen LogP contribution in [0.15, 0.2) is 71.4 Å². The zero-order chi connectivity index (χ0) is 21.3. The van der Waals surface area contributed by atoms with Gasteiger partial charge < -0.3 is 4.42 Å². The Labute approximate surface area is 181 Å². The molecule has 0 unspecified atom stereocenters. The molecule has 3 nitrogen and oxygen atoms in total. The molecule has 0 fully saturated rings. The van der Waals surface area contributed by atoms with E-state index in [0.29, 0.717) is 5.92 Å². The summed E-state index contributed by atoms with van der Waals surface area (Å²) in [7, 11) is 0. The number of fused-ring (bicyclic) bond motifs is 6. The largest absolute Gasteiger partial charge is 0.456 e. The fraction of sp³-hybridized carbons (Fsp3) is 0.214. The molecule has 31 heavy (non-hydrogen) atoms. The summed E-state index contributed by atoms with van der Waals surface area (Å²) in [5.74, 6) is 1.45. The van der Waals surface area contributed by atoms with Gasteiger partial charge in [0.15, 0.2) is 0 Å². The first kappa shape index (κ1) is 18.3. The fourth-order valence-corrected chi connectivity index (χ4v) is 5.24. The molecule has 2 heterocycles. The van der Waals surface area contributed by atoms with Gasteiger partial charge in [-0.2, -0.15) is 0 Å². The lowest BCUT2D eigenvalue weighted by Crippen LogP contribution is -2.16. The van der Waals surface area contributed by atoms with Gasteiger partial charge in [0, 0.05) is 32.9 Å². The number of para-hydroxylation sites is 1. The van der Waals surface area contributed by atoms with Gasteiger partial charge in [0.05, 0.1) is 11.2 Å². The maximum atomic E-state index is 6.36. The maximum absolute atomic E-state index is 6.36. The average molecular weight is 405 g/mol. The van der Waals surface area contributed by atoms with Crippen molar-refractivity contribution in [1.29, 1.82) is 0 Å². The van der Waals surface area contributed by atoms with Gasteiger partial charge in [-0.25, -0.2) is 9.97 Å². The molecule has 3 heteroatoms. The zero-order valence-electron chi connectivity index (χ0n) is 18.2. The van der Waals surface area contributed by atoms with Crippen molar-refractivity contribution < 1.29 is 4.42 Å². The molecule has 1 aliphatic carbocycles. The minimum Gasteiger partial charge on any atom is -0.456 e. The minimum absolute atomic E-state index is 0.191. The molecule has 0 radical (unpaired) electrons. The molecule has 0 amide bonds. The van der Waals surface area contributed by atoms with Crippen LogP contribution in [0.2, 0.25) is 0 Å². The monoisotopic (exact) mass is 404 g/mol. The Balaban J connectivity index is 1.64. The van der Waals surface area contributed by atoms with Crippen molar-refractivity contribution >= 4 is 21.9 Å². The predicted molar refractivity (Wildman–Crippen MR) is 126 cm³/mol. The summed E-state index contributed by atoms with van der Waals surface area (Å²) in [6, 6.07) is 21.4. The van der Waals surface area contributed by atoms with Gasteiger partial charge in [0.1, 0.15) is 17.7 Å². The normalized spacial score (nSPS) is 14.4. The second kappa shape index (κ2) is 6.27. The van der Waals surface area contributed by atoms with Crippen molar-refractivity contribution in [3.63, 3.8) is 0 Å². The van der Waals surface area contributed by atoms with E-state index in [4.69, 9.17) is 9.40 Å². The Morgan fingerprint density at radius 2 is 1.61 bits per heavy atom. The Kier molecular flexibility index (Phi) is 3.71. The topological polar surface area (TPSA) is 38.9 Å². The van der Waals surface area contributed by atoms with Gasteiger partial charge >= 0.3 is 0 Å². The molecule has 0 N–H and O–H groups in total. The van der Waals surface area contributed by atoms with Crippen LogP contribution >= 0.6 is 0 Å². The van der Waals surface area contributed by atoms with Crippen LogP contribution in [-0.4, -0.2) is 9.97 Å². The molecule has 1 aliphatic rings. The number of hydrogen-bond donors (Lipinski definition) is 0. The molecule has 0 bridgehead atoms. The zero-order valence-corrected chi connectivity index (χ0v) is 18.2. The maximum Gasteiger partial charge on any atom is 0.139 e. The molecule has 5 aromatic rings. The summed E-state index contributed by atoms with van der Waals surface area (Å²) >= 11 is 0. The standard InChI is InChI=1S/C28H24N2O/c1-16(2)17-12-13-18-22(14-17)29-15-30-26(18)20-9-7-10-21-24(20)28(3,4)25-19-8-5-6-11-23(19)31-27(21)25/h5-16H,1-4H3. The lowest BCUT2D eigenvalue weighted by atomic mass is 9.78. The second-order valence-corrected chi connectivity index (χ2v) is 9.31. The van der Waals surface area contributed by atoms with Crippen LogP contribution < -0.4 is 0 Å². The molecule has 152 valence electrons. The lowest BCUT2D eigenvalue weighted by Gasteiger charge is -2.24. The average Bonchev–Trinajstić information content (AvgIpc) is 3.27. The van der Waals surface area contributed by atoms with Gasteiger partial charge in [0.25, 0.3) is 0 Å². The molecule has 6 rings (SSSR count). The van der Waals surface area contributed by atoms with Crippen molar-refractivity contribution in [2.45, 2.75) is 39.0 Å². The van der Waals surface area contributed by atoms with E-state index in [9.17, 15) is 0 Å². The minimum atomic E-state index is -0.191. The molecule has 0 atom stereocenters. The molecular weight excluding hydrogens is 380 g/mol. The summed E-state index contributed by atoms with van der Waals surface area (Å²) in [4.78, 5) is 9.34. The number of rotatable bonds is 2. The van der Waals surface area contributed by atoms with Crippen LogP contribution in [0.4, 0.5) is 0 Å². The van der Waals surface area contributed by atoms with E-state index in [1.54, 1.807) is 6.33 Å². The smallest absolute Gasteiger partial charge is 0.139 e. The number of aromatic nitrogens is 2. The van der Waals surface area contributed by atoms with Crippen molar-refractivity contribution in [2.24, 2.45) is 0 Å². The SMILES string of the molecule is CC(C)c1ccc2c(-c3cccc4c3C(C)(C)c3c-4oc4ccccc34)ncnc2c1. The highest BCUT2D eigenvalue weighted by Crippen LogP contribution is 2.55. The second-order valence-electron chi connectivity index (χ2n) is 9.31. The summed E-state index contributed by atoms with van der Waals surface area (Å²) < 4.78 is 6.36. The summed E-state index contributed by atoms with van der Waals surface area (Å²) in [6.07, 6.45) is 1.69. The van der Waals surface area contributed by atoms with Crippen molar-refractivity contribution in [3.8, 4) is 22.6 Å². The van der Waals surface area contributed by atoms with Gasteiger partial charge in [-0.05, 0) is 29.2 Å². The van der Waals surface area contributed by atoms with E-state index >= 15 is 0 Å². The molecule has 0 aliphatic heterocycles. The van der Waals surface area contributed by atoms with Gasteiger partial charge in [-0.15, -0.1) is 0 Å². The third-order valence-corrected chi connectivity index (χ3v) is 6.74. The highest BCUT2D eigenvalue weighted by Gasteiger charge is 2.42. The van der Waals surface area contributed by atoms with Crippen LogP contribution in [0.25, 0.3) is 44.5 Å². The summed E-state index contributed by atoms with van der Waals surface area (Å²) in [5, 5.41) is 2.28. The van der Waals surface area contributed by atoms with Crippen LogP contribution in [0.1, 0.15) is 50.3 Å². The predicted octanol–water partition coefficient (Wildman–Crippen LogP) is 7.47. The molecule has 0 saturated carbocycles. The van der Waals surface area contributed by atoms with Crippen LogP contribution in [0.5, 0.6) is 0 Å². The number of hydrogen-bond acceptors (Lipinski definition) is 3. The van der Waals surface area contributed by atoms with Gasteiger partial charge in [-0.3, -0.25) is 0 Å². The molecule has 0 saturated heterocycles. The summed E-state index contributed by atoms with van der Waals surface area (Å²) in [6.45, 7) is 9.01. The summed E-state index contributed by atoms with van der Waals surface area (Å²) in [5.41, 5.74) is 8.90. The third-order valence-electron chi connectivity index (χ3n) is 6.74. The van der Waals surface area contributed by atoms with E-state index in [1.807, 2.05) is 6.07 Å². The van der Waals surface area contributed by atoms with Crippen molar-refractivity contribution in [3.05, 3.63) is 83.7 Å². The first-order valence-corrected chi connectivity index (χ1v) is 10.9. The fourth-order valence-electron chi connectivity index (χ4n) is 5.24. The van der Waals surface area contributed by atoms with Crippen molar-refractivity contribution in [1.82, 2.24) is 9.97 Å². The van der Waals surface area contributed by atoms with E-state index in [2.05, 4.69) is 87.3 Å². The van der Waals surface area contributed by atoms with E-state index in [-0.39, 0.29) is 5.41 Å². The third kappa shape index (κ3) is 2.46. The van der Waals surface area contributed by atoms with Crippen LogP contribution in [0.3, 0.4) is 0 Å². The number of furan rings is 1. The molecule has 3 aromatic carbocycles. The van der Waals surface area contributed by atoms with Crippen LogP contribution in [0, 0.1) is 0 Å². The Bertz CT molecular complexity index is 1490. The Morgan fingerprint density at radius 1 is 0.806 bits per heavy atom. The highest BCUT2D eigenvalue weighted by molar-refractivity contribution is 6.00. The Hall–Kier alpha value is -3.46. The van der Waals surface area contributed by atoms with Crippen molar-refractivity contribution in [2.75, 3.05) is 0 Å². The number of nitrogens with zero attached hydrogens (tertiary/aromatic N) is 2. The van der Waals surface area contributed by atoms with Gasteiger partial charge in [0.2, 0.25) is 0 Å². The van der Waals surface area contributed by atoms with Gasteiger partial charge in [-0.1, -0.05) is 76.2 Å². The first-order chi connectivity index (χ1) is 15.0. The van der Waals surface area contributed by atoms with E-state index < -0.39 is 0 Å². The molecule has 2 aromatic heterocycles. The number of benzene rings is 3. The lowest BCUT2D eigenvalue weighted by molar-refractivity contribution is 0.619. The molecule has 0 spiro atoms. The molecular formula is C28H24N2O. The highest BCUT2D eigenvalue weighted by atomic mass is 16.3. The Morgan fingerprint density at radius 3 is 2.45 bits per heavy atom.